The minimum Gasteiger partial charge on any atom is -0.391 e. The number of rotatable bonds is 2. The molecule has 1 aromatic rings. The van der Waals surface area contributed by atoms with E-state index in [-0.39, 0.29) is 5.96 Å². The van der Waals surface area contributed by atoms with Crippen LogP contribution in [-0.2, 0) is 4.74 Å². The van der Waals surface area contributed by atoms with Crippen LogP contribution in [0, 0.1) is 12.3 Å². The summed E-state index contributed by atoms with van der Waals surface area (Å²) in [5.74, 6) is 7.81. The van der Waals surface area contributed by atoms with E-state index in [1.54, 1.807) is 0 Å². The molecule has 0 spiro atoms. The third-order valence-corrected chi connectivity index (χ3v) is 4.15. The fourth-order valence-electron chi connectivity index (χ4n) is 2.86. The van der Waals surface area contributed by atoms with Gasteiger partial charge in [-0.2, -0.15) is 4.99 Å². The number of aliphatic imine (C=N–C) groups is 1. The first-order valence-corrected chi connectivity index (χ1v) is 7.34. The molecule has 5 atom stereocenters. The zero-order valence-corrected chi connectivity index (χ0v) is 13.4. The summed E-state index contributed by atoms with van der Waals surface area (Å²) in [5, 5.41) is 29.9. The van der Waals surface area contributed by atoms with Crippen LogP contribution in [-0.4, -0.2) is 49.6 Å². The van der Waals surface area contributed by atoms with E-state index < -0.39 is 30.1 Å². The second-order valence-corrected chi connectivity index (χ2v) is 5.79. The van der Waals surface area contributed by atoms with Gasteiger partial charge < -0.3 is 31.8 Å². The van der Waals surface area contributed by atoms with Crippen molar-refractivity contribution >= 4 is 17.5 Å². The molecular formula is C14H18N8O3. The van der Waals surface area contributed by atoms with Crippen LogP contribution in [0.25, 0.3) is 5.70 Å². The molecule has 0 saturated carbocycles. The van der Waals surface area contributed by atoms with Crippen molar-refractivity contribution in [2.45, 2.75) is 37.0 Å². The maximum absolute atomic E-state index is 10.4. The molecule has 0 amide bonds. The van der Waals surface area contributed by atoms with Crippen LogP contribution in [0.15, 0.2) is 28.2 Å². The van der Waals surface area contributed by atoms with E-state index in [1.165, 1.54) is 17.8 Å². The molecular weight excluding hydrogens is 328 g/mol. The van der Waals surface area contributed by atoms with Crippen molar-refractivity contribution in [3.05, 3.63) is 18.6 Å². The summed E-state index contributed by atoms with van der Waals surface area (Å²) in [5.41, 5.74) is 5.45. The van der Waals surface area contributed by atoms with Crippen LogP contribution in [0.5, 0.6) is 0 Å². The Morgan fingerprint density at radius 2 is 2.36 bits per heavy atom. The number of fused-ring (bicyclic) bond motifs is 1. The van der Waals surface area contributed by atoms with Crippen LogP contribution in [0.4, 0.5) is 5.82 Å². The Kier molecular flexibility index (Phi) is 4.05. The van der Waals surface area contributed by atoms with Crippen molar-refractivity contribution in [3.8, 4) is 12.3 Å². The van der Waals surface area contributed by atoms with Crippen LogP contribution >= 0.6 is 0 Å². The number of hydrogen-bond acceptors (Lipinski definition) is 9. The SMILES string of the molecule is C#C[C@@]1(N)[C@@H](O)[C@@H]([C@H](C)O)O[C@H]1n1cnc2c1N=C(N=NN)NC2=C. The summed E-state index contributed by atoms with van der Waals surface area (Å²) < 4.78 is 7.20. The highest BCUT2D eigenvalue weighted by Gasteiger charge is 2.56. The van der Waals surface area contributed by atoms with Crippen molar-refractivity contribution in [2.75, 3.05) is 0 Å². The first-order valence-electron chi connectivity index (χ1n) is 7.34. The number of aliphatic hydroxyl groups is 2. The summed E-state index contributed by atoms with van der Waals surface area (Å²) in [6, 6.07) is 0. The summed E-state index contributed by atoms with van der Waals surface area (Å²) in [6.45, 7) is 5.30. The fraction of sp³-hybridized carbons (Fsp3) is 0.429. The van der Waals surface area contributed by atoms with Crippen molar-refractivity contribution < 1.29 is 14.9 Å². The quantitative estimate of drug-likeness (QED) is 0.193. The lowest BCUT2D eigenvalue weighted by Crippen LogP contribution is -2.54. The zero-order chi connectivity index (χ0) is 18.4. The van der Waals surface area contributed by atoms with Gasteiger partial charge in [-0.05, 0) is 6.92 Å². The number of imidazole rings is 1. The predicted molar refractivity (Wildman–Crippen MR) is 87.9 cm³/mol. The van der Waals surface area contributed by atoms with Gasteiger partial charge in [0.25, 0.3) is 5.96 Å². The maximum Gasteiger partial charge on any atom is 0.250 e. The molecule has 2 aliphatic rings. The van der Waals surface area contributed by atoms with Gasteiger partial charge in [-0.1, -0.05) is 22.8 Å². The molecule has 25 heavy (non-hydrogen) atoms. The van der Waals surface area contributed by atoms with Crippen LogP contribution in [0.1, 0.15) is 18.8 Å². The van der Waals surface area contributed by atoms with Crippen molar-refractivity contribution in [1.82, 2.24) is 14.9 Å². The lowest BCUT2D eigenvalue weighted by molar-refractivity contribution is -0.0761. The van der Waals surface area contributed by atoms with Crippen LogP contribution in [0.2, 0.25) is 0 Å². The number of nitrogens with zero attached hydrogens (tertiary/aromatic N) is 5. The molecule has 0 radical (unpaired) electrons. The number of hydrogen-bond donors (Lipinski definition) is 5. The predicted octanol–water partition coefficient (Wildman–Crippen LogP) is -1.26. The van der Waals surface area contributed by atoms with E-state index in [0.29, 0.717) is 17.2 Å². The van der Waals surface area contributed by atoms with E-state index in [1.807, 2.05) is 0 Å². The second-order valence-electron chi connectivity index (χ2n) is 5.79. The molecule has 1 aromatic heterocycles. The lowest BCUT2D eigenvalue weighted by Gasteiger charge is -2.28. The number of nitrogens with two attached hydrogens (primary N) is 2. The molecule has 0 bridgehead atoms. The Morgan fingerprint density at radius 3 is 2.96 bits per heavy atom. The average molecular weight is 346 g/mol. The molecule has 7 N–H and O–H groups in total. The molecule has 3 heterocycles. The Labute approximate surface area is 143 Å². The maximum atomic E-state index is 10.4. The molecule has 132 valence electrons. The van der Waals surface area contributed by atoms with Crippen molar-refractivity contribution in [1.29, 1.82) is 0 Å². The molecule has 1 fully saturated rings. The van der Waals surface area contributed by atoms with Crippen molar-refractivity contribution in [2.24, 2.45) is 26.9 Å². The molecule has 0 aromatic carbocycles. The number of aliphatic hydroxyl groups excluding tert-OH is 2. The third kappa shape index (κ3) is 2.48. The van der Waals surface area contributed by atoms with Gasteiger partial charge in [0, 0.05) is 0 Å². The van der Waals surface area contributed by atoms with Gasteiger partial charge in [-0.25, -0.2) is 4.98 Å². The Bertz CT molecular complexity index is 807. The number of guanidine groups is 1. The summed E-state index contributed by atoms with van der Waals surface area (Å²) >= 11 is 0. The molecule has 11 nitrogen and oxygen atoms in total. The first-order chi connectivity index (χ1) is 11.8. The molecule has 11 heteroatoms. The lowest BCUT2D eigenvalue weighted by atomic mass is 9.90. The Morgan fingerprint density at radius 1 is 1.64 bits per heavy atom. The number of nitrogens with one attached hydrogen (secondary N) is 1. The first kappa shape index (κ1) is 17.1. The van der Waals surface area contributed by atoms with Gasteiger partial charge in [0.2, 0.25) is 0 Å². The molecule has 3 rings (SSSR count). The summed E-state index contributed by atoms with van der Waals surface area (Å²) in [6.07, 6.45) is 2.68. The van der Waals surface area contributed by atoms with Gasteiger partial charge in [0.1, 0.15) is 17.9 Å². The minimum atomic E-state index is -1.60. The fourth-order valence-corrected chi connectivity index (χ4v) is 2.86. The Balaban J connectivity index is 2.10. The van der Waals surface area contributed by atoms with Crippen LogP contribution in [0.3, 0.4) is 0 Å². The Hall–Kier alpha value is -2.78. The molecule has 0 aliphatic carbocycles. The molecule has 0 unspecified atom stereocenters. The van der Waals surface area contributed by atoms with Crippen LogP contribution < -0.4 is 16.9 Å². The smallest absolute Gasteiger partial charge is 0.250 e. The second kappa shape index (κ2) is 5.94. The van der Waals surface area contributed by atoms with Gasteiger partial charge in [-0.3, -0.25) is 4.57 Å². The summed E-state index contributed by atoms with van der Waals surface area (Å²) in [7, 11) is 0. The topological polar surface area (TPSA) is 169 Å². The number of terminal acetylenes is 1. The van der Waals surface area contributed by atoms with Crippen molar-refractivity contribution in [3.63, 3.8) is 0 Å². The molecule has 1 saturated heterocycles. The highest BCUT2D eigenvalue weighted by Crippen LogP contribution is 2.41. The standard InChI is InChI=1S/C14H18N8O3/c1-4-14(15)10(24)9(7(3)23)25-12(14)22-5-17-8-6(2)18-13(20-21-16)19-11(8)22/h1,5,7,9-10,12,23-24H,2,15H2,3H3,(H3,16,18,19,20)/t7-,9+,10-,12+,14+/m0/s1. The van der Waals surface area contributed by atoms with E-state index in [4.69, 9.17) is 22.7 Å². The van der Waals surface area contributed by atoms with Gasteiger partial charge in [0.05, 0.1) is 18.1 Å². The van der Waals surface area contributed by atoms with Gasteiger partial charge >= 0.3 is 0 Å². The highest BCUT2D eigenvalue weighted by molar-refractivity contribution is 5.95. The molecule has 2 aliphatic heterocycles. The van der Waals surface area contributed by atoms with E-state index in [9.17, 15) is 10.2 Å². The largest absolute Gasteiger partial charge is 0.391 e. The van der Waals surface area contributed by atoms with Gasteiger partial charge in [0.15, 0.2) is 17.6 Å². The van der Waals surface area contributed by atoms with E-state index in [0.717, 1.165) is 0 Å². The number of ether oxygens (including phenoxy) is 1. The summed E-state index contributed by atoms with van der Waals surface area (Å²) in [4.78, 5) is 8.46. The van der Waals surface area contributed by atoms with Gasteiger partial charge in [-0.15, -0.1) is 6.42 Å². The number of aromatic nitrogens is 2. The normalized spacial score (nSPS) is 32.8. The third-order valence-electron chi connectivity index (χ3n) is 4.15. The van der Waals surface area contributed by atoms with E-state index >= 15 is 0 Å². The monoisotopic (exact) mass is 346 g/mol. The average Bonchev–Trinajstić information content (AvgIpc) is 3.09. The minimum absolute atomic E-state index is 0.0932. The highest BCUT2D eigenvalue weighted by atomic mass is 16.5. The van der Waals surface area contributed by atoms with E-state index in [2.05, 4.69) is 38.1 Å². The zero-order valence-electron chi connectivity index (χ0n) is 13.4.